The summed E-state index contributed by atoms with van der Waals surface area (Å²) in [7, 11) is 5.68. The summed E-state index contributed by atoms with van der Waals surface area (Å²) in [4.78, 5) is 18.3. The number of carbonyl (C=O) groups is 1. The van der Waals surface area contributed by atoms with Crippen LogP contribution in [-0.4, -0.2) is 61.6 Å². The molecule has 27 heavy (non-hydrogen) atoms. The molecule has 0 radical (unpaired) electrons. The quantitative estimate of drug-likeness (QED) is 0.740. The van der Waals surface area contributed by atoms with E-state index in [0.717, 1.165) is 50.2 Å². The second-order valence-electron chi connectivity index (χ2n) is 8.81. The normalized spacial score (nSPS) is 39.0. The molecule has 0 aromatic carbocycles. The number of ether oxygens (including phenoxy) is 2. The Bertz CT molecular complexity index is 620. The number of methoxy groups -OCH3 is 2. The van der Waals surface area contributed by atoms with Crippen molar-refractivity contribution >= 4 is 5.91 Å². The third kappa shape index (κ3) is 2.98. The lowest BCUT2D eigenvalue weighted by molar-refractivity contribution is -0.135. The first-order valence-corrected chi connectivity index (χ1v) is 10.6. The van der Waals surface area contributed by atoms with Crippen LogP contribution in [0.4, 0.5) is 0 Å². The Morgan fingerprint density at radius 2 is 1.67 bits per heavy atom. The molecule has 0 aromatic heterocycles. The van der Waals surface area contributed by atoms with E-state index < -0.39 is 5.41 Å². The predicted molar refractivity (Wildman–Crippen MR) is 105 cm³/mol. The van der Waals surface area contributed by atoms with Crippen molar-refractivity contribution in [3.05, 3.63) is 23.7 Å². The first-order chi connectivity index (χ1) is 13.0. The molecule has 3 saturated heterocycles. The third-order valence-electron chi connectivity index (χ3n) is 7.47. The molecule has 5 heteroatoms. The monoisotopic (exact) mass is 374 g/mol. The topological polar surface area (TPSA) is 42.0 Å². The molecule has 1 spiro atoms. The highest BCUT2D eigenvalue weighted by atomic mass is 16.5. The van der Waals surface area contributed by atoms with Crippen LogP contribution in [-0.2, 0) is 14.3 Å². The number of hydrogen-bond acceptors (Lipinski definition) is 4. The van der Waals surface area contributed by atoms with Gasteiger partial charge in [-0.3, -0.25) is 4.79 Å². The number of fused-ring (bicyclic) bond motifs is 2. The lowest BCUT2D eigenvalue weighted by atomic mass is 9.77. The van der Waals surface area contributed by atoms with Crippen molar-refractivity contribution in [2.45, 2.75) is 70.0 Å². The predicted octanol–water partition coefficient (Wildman–Crippen LogP) is 3.32. The Balaban J connectivity index is 1.58. The molecule has 1 unspecified atom stereocenters. The number of nitrogens with zero attached hydrogens (tertiary/aromatic N) is 2. The number of rotatable bonds is 5. The average Bonchev–Trinajstić information content (AvgIpc) is 3.07. The van der Waals surface area contributed by atoms with Crippen LogP contribution in [0.15, 0.2) is 23.7 Å². The fourth-order valence-corrected chi connectivity index (χ4v) is 5.90. The van der Waals surface area contributed by atoms with E-state index in [9.17, 15) is 4.79 Å². The molecule has 0 N–H and O–H groups in total. The van der Waals surface area contributed by atoms with Crippen LogP contribution in [0, 0.1) is 11.3 Å². The lowest BCUT2D eigenvalue weighted by Gasteiger charge is -2.41. The molecule has 2 bridgehead atoms. The summed E-state index contributed by atoms with van der Waals surface area (Å²) in [5, 5.41) is 0. The molecule has 3 atom stereocenters. The zero-order valence-corrected chi connectivity index (χ0v) is 17.2. The summed E-state index contributed by atoms with van der Waals surface area (Å²) in [6.45, 7) is 3.01. The van der Waals surface area contributed by atoms with Gasteiger partial charge in [0.15, 0.2) is 0 Å². The number of amides is 1. The zero-order valence-electron chi connectivity index (χ0n) is 17.2. The molecule has 5 nitrogen and oxygen atoms in total. The summed E-state index contributed by atoms with van der Waals surface area (Å²) in [5.74, 6) is 2.18. The second kappa shape index (κ2) is 7.16. The van der Waals surface area contributed by atoms with Gasteiger partial charge in [-0.05, 0) is 57.7 Å². The summed E-state index contributed by atoms with van der Waals surface area (Å²) >= 11 is 0. The fourth-order valence-electron chi connectivity index (χ4n) is 5.90. The molecular formula is C22H34N2O3. The van der Waals surface area contributed by atoms with Crippen molar-refractivity contribution < 1.29 is 14.3 Å². The highest BCUT2D eigenvalue weighted by molar-refractivity contribution is 5.89. The molecule has 1 amide bonds. The molecule has 1 aliphatic carbocycles. The Morgan fingerprint density at radius 3 is 2.19 bits per heavy atom. The van der Waals surface area contributed by atoms with Gasteiger partial charge in [0, 0.05) is 24.7 Å². The van der Waals surface area contributed by atoms with E-state index in [4.69, 9.17) is 9.47 Å². The average molecular weight is 375 g/mol. The molecular weight excluding hydrogens is 340 g/mol. The Labute approximate surface area is 163 Å². The van der Waals surface area contributed by atoms with E-state index in [2.05, 4.69) is 35.9 Å². The minimum atomic E-state index is -0.580. The molecule has 4 aliphatic rings. The highest BCUT2D eigenvalue weighted by Crippen LogP contribution is 2.47. The standard InChI is InChI=1S/C22H34N2O3/c1-5-6-18-19(26-3)13-22(14-20(18)27-4)9-10-24(21(22)25)17-11-15-7-8-16(12-17)23(15)2/h13-18H,5-12H2,1-4H3/t15-,16+,17?,18?,22?. The first kappa shape index (κ1) is 18.9. The van der Waals surface area contributed by atoms with Crippen molar-refractivity contribution in [3.8, 4) is 0 Å². The van der Waals surface area contributed by atoms with Gasteiger partial charge in [0.1, 0.15) is 11.5 Å². The van der Waals surface area contributed by atoms with Gasteiger partial charge >= 0.3 is 0 Å². The van der Waals surface area contributed by atoms with Gasteiger partial charge in [0.2, 0.25) is 5.91 Å². The van der Waals surface area contributed by atoms with Gasteiger partial charge in [0.25, 0.3) is 0 Å². The lowest BCUT2D eigenvalue weighted by Crippen LogP contribution is -2.50. The van der Waals surface area contributed by atoms with Crippen molar-refractivity contribution in [2.24, 2.45) is 11.3 Å². The van der Waals surface area contributed by atoms with Gasteiger partial charge in [-0.2, -0.15) is 0 Å². The summed E-state index contributed by atoms with van der Waals surface area (Å²) in [6, 6.07) is 1.68. The van der Waals surface area contributed by atoms with Crippen molar-refractivity contribution in [1.82, 2.24) is 9.80 Å². The second-order valence-corrected chi connectivity index (χ2v) is 8.81. The van der Waals surface area contributed by atoms with Crippen molar-refractivity contribution in [2.75, 3.05) is 27.8 Å². The number of carbonyl (C=O) groups excluding carboxylic acids is 1. The van der Waals surface area contributed by atoms with Gasteiger partial charge in [0.05, 0.1) is 25.6 Å². The van der Waals surface area contributed by atoms with Crippen molar-refractivity contribution in [1.29, 1.82) is 0 Å². The number of hydrogen-bond donors (Lipinski definition) is 0. The van der Waals surface area contributed by atoms with Crippen LogP contribution in [0.5, 0.6) is 0 Å². The van der Waals surface area contributed by atoms with Crippen LogP contribution in [0.2, 0.25) is 0 Å². The minimum absolute atomic E-state index is 0.136. The van der Waals surface area contributed by atoms with Gasteiger partial charge in [-0.15, -0.1) is 0 Å². The number of likely N-dealkylation sites (tertiary alicyclic amines) is 1. The van der Waals surface area contributed by atoms with E-state index in [1.54, 1.807) is 14.2 Å². The smallest absolute Gasteiger partial charge is 0.237 e. The van der Waals surface area contributed by atoms with E-state index in [1.807, 2.05) is 0 Å². The first-order valence-electron chi connectivity index (χ1n) is 10.6. The van der Waals surface area contributed by atoms with Crippen LogP contribution < -0.4 is 0 Å². The molecule has 150 valence electrons. The molecule has 3 aliphatic heterocycles. The van der Waals surface area contributed by atoms with E-state index in [0.29, 0.717) is 18.1 Å². The largest absolute Gasteiger partial charge is 0.501 e. The molecule has 0 saturated carbocycles. The van der Waals surface area contributed by atoms with Crippen LogP contribution >= 0.6 is 0 Å². The summed E-state index contributed by atoms with van der Waals surface area (Å²) in [6.07, 6.45) is 11.9. The van der Waals surface area contributed by atoms with E-state index >= 15 is 0 Å². The van der Waals surface area contributed by atoms with E-state index in [-0.39, 0.29) is 11.8 Å². The van der Waals surface area contributed by atoms with Crippen molar-refractivity contribution in [3.63, 3.8) is 0 Å². The summed E-state index contributed by atoms with van der Waals surface area (Å²) < 4.78 is 11.5. The van der Waals surface area contributed by atoms with Gasteiger partial charge < -0.3 is 19.3 Å². The van der Waals surface area contributed by atoms with E-state index in [1.165, 1.54) is 12.8 Å². The highest BCUT2D eigenvalue weighted by Gasteiger charge is 2.51. The Kier molecular flexibility index (Phi) is 5.00. The van der Waals surface area contributed by atoms with Crippen LogP contribution in [0.3, 0.4) is 0 Å². The van der Waals surface area contributed by atoms with Crippen LogP contribution in [0.25, 0.3) is 0 Å². The Hall–Kier alpha value is -1.49. The van der Waals surface area contributed by atoms with Gasteiger partial charge in [-0.25, -0.2) is 0 Å². The molecule has 4 rings (SSSR count). The SMILES string of the molecule is CCCC1C(OC)=CC2(C=C1OC)CCN(C1C[C@H]3CC[C@@H](C1)N3C)C2=O. The minimum Gasteiger partial charge on any atom is -0.501 e. The molecule has 3 heterocycles. The number of piperidine rings is 1. The van der Waals surface area contributed by atoms with Gasteiger partial charge in [-0.1, -0.05) is 13.3 Å². The summed E-state index contributed by atoms with van der Waals surface area (Å²) in [5.41, 5.74) is -0.580. The van der Waals surface area contributed by atoms with Crippen LogP contribution in [0.1, 0.15) is 51.9 Å². The fraction of sp³-hybridized carbons (Fsp3) is 0.773. The molecule has 0 aromatic rings. The maximum atomic E-state index is 13.6. The maximum Gasteiger partial charge on any atom is 0.237 e. The Morgan fingerprint density at radius 1 is 1.07 bits per heavy atom. The molecule has 3 fully saturated rings. The zero-order chi connectivity index (χ0) is 19.2. The third-order valence-corrected chi connectivity index (χ3v) is 7.47. The maximum absolute atomic E-state index is 13.6.